The van der Waals surface area contributed by atoms with Gasteiger partial charge in [0.25, 0.3) is 0 Å². The van der Waals surface area contributed by atoms with Gasteiger partial charge in [-0.1, -0.05) is 15.9 Å². The van der Waals surface area contributed by atoms with Crippen molar-refractivity contribution in [2.75, 3.05) is 6.54 Å². The third-order valence-electron chi connectivity index (χ3n) is 2.30. The predicted octanol–water partition coefficient (Wildman–Crippen LogP) is 0.824. The molecule has 0 aliphatic carbocycles. The highest BCUT2D eigenvalue weighted by Gasteiger charge is 2.23. The third kappa shape index (κ3) is 3.66. The van der Waals surface area contributed by atoms with Crippen LogP contribution in [0.5, 0.6) is 5.75 Å². The van der Waals surface area contributed by atoms with Crippen LogP contribution in [-0.4, -0.2) is 33.9 Å². The lowest BCUT2D eigenvalue weighted by Gasteiger charge is -2.19. The van der Waals surface area contributed by atoms with Gasteiger partial charge >= 0.3 is 0 Å². The van der Waals surface area contributed by atoms with Crippen LogP contribution < -0.4 is 5.32 Å². The molecule has 0 aliphatic rings. The average molecular weight is 322 g/mol. The third-order valence-corrected chi connectivity index (χ3v) is 2.76. The number of amides is 1. The number of aliphatic hydroxyl groups is 2. The van der Waals surface area contributed by atoms with Crippen LogP contribution in [0.15, 0.2) is 16.6 Å². The number of rotatable bonds is 4. The van der Waals surface area contributed by atoms with Gasteiger partial charge < -0.3 is 20.6 Å². The molecule has 0 heterocycles. The summed E-state index contributed by atoms with van der Waals surface area (Å²) in [6, 6.07) is 2.33. The molecule has 1 amide bonds. The number of hydrogen-bond acceptors (Lipinski definition) is 4. The standard InChI is InChI=1S/C11H13BrFNO4/c1-5(15)14-4-9(16)11(18)7-2-6(12)3-8(13)10(7)17/h2-3,9,11,16-18H,4H2,1H3,(H,14,15). The Labute approximate surface area is 111 Å². The number of phenols is 1. The lowest BCUT2D eigenvalue weighted by Crippen LogP contribution is -2.34. The summed E-state index contributed by atoms with van der Waals surface area (Å²) in [5.74, 6) is -2.01. The molecule has 0 spiro atoms. The summed E-state index contributed by atoms with van der Waals surface area (Å²) in [6.07, 6.45) is -2.86. The topological polar surface area (TPSA) is 89.8 Å². The Morgan fingerprint density at radius 2 is 2.11 bits per heavy atom. The van der Waals surface area contributed by atoms with Gasteiger partial charge in [0.1, 0.15) is 12.2 Å². The lowest BCUT2D eigenvalue weighted by molar-refractivity contribution is -0.119. The van der Waals surface area contributed by atoms with Crippen molar-refractivity contribution in [1.29, 1.82) is 0 Å². The largest absolute Gasteiger partial charge is 0.505 e. The fraction of sp³-hybridized carbons (Fsp3) is 0.364. The van der Waals surface area contributed by atoms with Crippen LogP contribution >= 0.6 is 15.9 Å². The molecular weight excluding hydrogens is 309 g/mol. The van der Waals surface area contributed by atoms with E-state index in [1.165, 1.54) is 13.0 Å². The van der Waals surface area contributed by atoms with E-state index in [0.717, 1.165) is 6.07 Å². The van der Waals surface area contributed by atoms with Crippen molar-refractivity contribution in [1.82, 2.24) is 5.32 Å². The second kappa shape index (κ2) is 6.12. The van der Waals surface area contributed by atoms with Crippen molar-refractivity contribution in [3.63, 3.8) is 0 Å². The van der Waals surface area contributed by atoms with E-state index >= 15 is 0 Å². The van der Waals surface area contributed by atoms with Gasteiger partial charge in [-0.2, -0.15) is 0 Å². The summed E-state index contributed by atoms with van der Waals surface area (Å²) in [5.41, 5.74) is -0.153. The molecular formula is C11H13BrFNO4. The van der Waals surface area contributed by atoms with Crippen molar-refractivity contribution in [2.45, 2.75) is 19.1 Å². The molecule has 0 aliphatic heterocycles. The van der Waals surface area contributed by atoms with Gasteiger partial charge in [0.15, 0.2) is 11.6 Å². The quantitative estimate of drug-likeness (QED) is 0.661. The maximum Gasteiger partial charge on any atom is 0.216 e. The molecule has 0 radical (unpaired) electrons. The molecule has 18 heavy (non-hydrogen) atoms. The number of hydrogen-bond donors (Lipinski definition) is 4. The first-order valence-electron chi connectivity index (χ1n) is 5.11. The van der Waals surface area contributed by atoms with E-state index in [4.69, 9.17) is 0 Å². The Hall–Kier alpha value is -1.18. The van der Waals surface area contributed by atoms with Gasteiger partial charge in [0, 0.05) is 23.5 Å². The minimum Gasteiger partial charge on any atom is -0.505 e. The number of aromatic hydroxyl groups is 1. The Balaban J connectivity index is 2.89. The minimum absolute atomic E-state index is 0.153. The molecule has 4 N–H and O–H groups in total. The monoisotopic (exact) mass is 321 g/mol. The van der Waals surface area contributed by atoms with Crippen LogP contribution in [0.1, 0.15) is 18.6 Å². The lowest BCUT2D eigenvalue weighted by atomic mass is 10.0. The molecule has 5 nitrogen and oxygen atoms in total. The fourth-order valence-electron chi connectivity index (χ4n) is 1.38. The number of benzene rings is 1. The summed E-state index contributed by atoms with van der Waals surface area (Å²) in [7, 11) is 0. The smallest absolute Gasteiger partial charge is 0.216 e. The van der Waals surface area contributed by atoms with E-state index in [-0.39, 0.29) is 18.0 Å². The SMILES string of the molecule is CC(=O)NCC(O)C(O)c1cc(Br)cc(F)c1O. The molecule has 7 heteroatoms. The molecule has 0 saturated carbocycles. The van der Waals surface area contributed by atoms with E-state index in [9.17, 15) is 24.5 Å². The highest BCUT2D eigenvalue weighted by molar-refractivity contribution is 9.10. The molecule has 0 bridgehead atoms. The van der Waals surface area contributed by atoms with E-state index in [0.29, 0.717) is 4.47 Å². The maximum atomic E-state index is 13.2. The Morgan fingerprint density at radius 1 is 1.50 bits per heavy atom. The van der Waals surface area contributed by atoms with Crippen LogP contribution in [0.3, 0.4) is 0 Å². The molecule has 100 valence electrons. The van der Waals surface area contributed by atoms with Crippen LogP contribution in [0.25, 0.3) is 0 Å². The predicted molar refractivity (Wildman–Crippen MR) is 65.4 cm³/mol. The molecule has 1 aromatic carbocycles. The van der Waals surface area contributed by atoms with Crippen molar-refractivity contribution >= 4 is 21.8 Å². The van der Waals surface area contributed by atoms with Gasteiger partial charge in [-0.05, 0) is 12.1 Å². The Morgan fingerprint density at radius 3 is 2.67 bits per heavy atom. The second-order valence-electron chi connectivity index (χ2n) is 3.77. The Kier molecular flexibility index (Phi) is 5.06. The summed E-state index contributed by atoms with van der Waals surface area (Å²) in [4.78, 5) is 10.7. The highest BCUT2D eigenvalue weighted by atomic mass is 79.9. The zero-order chi connectivity index (χ0) is 13.9. The van der Waals surface area contributed by atoms with Gasteiger partial charge in [0.05, 0.1) is 0 Å². The number of aliphatic hydroxyl groups excluding tert-OH is 2. The van der Waals surface area contributed by atoms with Crippen molar-refractivity contribution < 1.29 is 24.5 Å². The first-order valence-corrected chi connectivity index (χ1v) is 5.90. The highest BCUT2D eigenvalue weighted by Crippen LogP contribution is 2.32. The van der Waals surface area contributed by atoms with Gasteiger partial charge in [-0.25, -0.2) is 4.39 Å². The molecule has 1 aromatic rings. The fourth-order valence-corrected chi connectivity index (χ4v) is 1.83. The zero-order valence-corrected chi connectivity index (χ0v) is 11.1. The summed E-state index contributed by atoms with van der Waals surface area (Å²) < 4.78 is 13.6. The van der Waals surface area contributed by atoms with Gasteiger partial charge in [-0.15, -0.1) is 0 Å². The molecule has 2 unspecified atom stereocenters. The molecule has 0 fully saturated rings. The van der Waals surface area contributed by atoms with E-state index in [1.807, 2.05) is 0 Å². The van der Waals surface area contributed by atoms with Crippen LogP contribution in [-0.2, 0) is 4.79 Å². The van der Waals surface area contributed by atoms with Crippen LogP contribution in [0.4, 0.5) is 4.39 Å². The first-order chi connectivity index (χ1) is 8.32. The molecule has 1 rings (SSSR count). The number of carbonyl (C=O) groups is 1. The number of halogens is 2. The number of phenolic OH excluding ortho intramolecular Hbond substituents is 1. The summed E-state index contributed by atoms with van der Waals surface area (Å²) in [6.45, 7) is 1.05. The second-order valence-corrected chi connectivity index (χ2v) is 4.69. The number of carbonyl (C=O) groups excluding carboxylic acids is 1. The summed E-state index contributed by atoms with van der Waals surface area (Å²) in [5, 5.41) is 31.2. The molecule has 2 atom stereocenters. The first kappa shape index (κ1) is 14.9. The normalized spacial score (nSPS) is 14.1. The van der Waals surface area contributed by atoms with E-state index < -0.39 is 23.8 Å². The average Bonchev–Trinajstić information content (AvgIpc) is 2.29. The minimum atomic E-state index is -1.51. The van der Waals surface area contributed by atoms with Crippen LogP contribution in [0, 0.1) is 5.82 Å². The van der Waals surface area contributed by atoms with Crippen molar-refractivity contribution in [3.8, 4) is 5.75 Å². The van der Waals surface area contributed by atoms with E-state index in [2.05, 4.69) is 21.2 Å². The van der Waals surface area contributed by atoms with Crippen LogP contribution in [0.2, 0.25) is 0 Å². The summed E-state index contributed by atoms with van der Waals surface area (Å²) >= 11 is 3.01. The van der Waals surface area contributed by atoms with E-state index in [1.54, 1.807) is 0 Å². The van der Waals surface area contributed by atoms with Crippen molar-refractivity contribution in [3.05, 3.63) is 28.0 Å². The zero-order valence-electron chi connectivity index (χ0n) is 9.52. The van der Waals surface area contributed by atoms with Gasteiger partial charge in [0.2, 0.25) is 5.91 Å². The Bertz CT molecular complexity index is 455. The molecule has 0 saturated heterocycles. The molecule has 0 aromatic heterocycles. The maximum absolute atomic E-state index is 13.2. The number of nitrogens with one attached hydrogen (secondary N) is 1. The van der Waals surface area contributed by atoms with Crippen molar-refractivity contribution in [2.24, 2.45) is 0 Å². The van der Waals surface area contributed by atoms with Gasteiger partial charge in [-0.3, -0.25) is 4.79 Å².